The normalized spacial score (nSPS) is 13.6. The number of hydrogen-bond donors (Lipinski definition) is 0. The van der Waals surface area contributed by atoms with Crippen LogP contribution in [0.4, 0.5) is 0 Å². The summed E-state index contributed by atoms with van der Waals surface area (Å²) in [6.45, 7) is 4.44. The maximum Gasteiger partial charge on any atom is 0.134 e. The van der Waals surface area contributed by atoms with Gasteiger partial charge in [0.2, 0.25) is 0 Å². The van der Waals surface area contributed by atoms with E-state index in [9.17, 15) is 4.79 Å². The Morgan fingerprint density at radius 3 is 3.00 bits per heavy atom. The third-order valence-corrected chi connectivity index (χ3v) is 2.66. The first-order valence-electron chi connectivity index (χ1n) is 4.92. The van der Waals surface area contributed by atoms with Gasteiger partial charge in [0.25, 0.3) is 0 Å². The minimum absolute atomic E-state index is 0.216. The molecule has 0 saturated heterocycles. The lowest BCUT2D eigenvalue weighted by atomic mass is 9.96. The molecule has 1 heterocycles. The van der Waals surface area contributed by atoms with Crippen molar-refractivity contribution >= 4 is 5.78 Å². The second-order valence-corrected chi connectivity index (χ2v) is 3.81. The van der Waals surface area contributed by atoms with Gasteiger partial charge < -0.3 is 4.74 Å². The molecule has 2 rings (SSSR count). The van der Waals surface area contributed by atoms with Crippen LogP contribution in [0, 0.1) is 6.92 Å². The molecule has 0 amide bonds. The van der Waals surface area contributed by atoms with Crippen molar-refractivity contribution in [1.82, 2.24) is 0 Å². The molecule has 0 bridgehead atoms. The van der Waals surface area contributed by atoms with Crippen LogP contribution in [-0.4, -0.2) is 12.4 Å². The van der Waals surface area contributed by atoms with Gasteiger partial charge in [0.05, 0.1) is 6.61 Å². The number of benzene rings is 1. The van der Waals surface area contributed by atoms with Crippen LogP contribution in [0.25, 0.3) is 0 Å². The average Bonchev–Trinajstić information content (AvgIpc) is 2.57. The molecule has 74 valence electrons. The van der Waals surface area contributed by atoms with Gasteiger partial charge in [-0.25, -0.2) is 0 Å². The molecule has 0 N–H and O–H groups in total. The molecule has 1 aliphatic heterocycles. The van der Waals surface area contributed by atoms with Crippen molar-refractivity contribution in [1.29, 1.82) is 0 Å². The van der Waals surface area contributed by atoms with Gasteiger partial charge >= 0.3 is 0 Å². The van der Waals surface area contributed by atoms with Crippen LogP contribution in [0.15, 0.2) is 12.1 Å². The van der Waals surface area contributed by atoms with Crippen molar-refractivity contribution in [2.75, 3.05) is 6.61 Å². The molecule has 2 nitrogen and oxygen atoms in total. The number of fused-ring (bicyclic) bond motifs is 1. The minimum atomic E-state index is 0.216. The number of rotatable bonds is 2. The van der Waals surface area contributed by atoms with Crippen LogP contribution in [0.1, 0.15) is 23.6 Å². The second kappa shape index (κ2) is 3.45. The van der Waals surface area contributed by atoms with Gasteiger partial charge in [-0.2, -0.15) is 0 Å². The van der Waals surface area contributed by atoms with E-state index in [1.54, 1.807) is 6.92 Å². The Balaban J connectivity index is 2.46. The molecule has 0 radical (unpaired) electrons. The lowest BCUT2D eigenvalue weighted by Gasteiger charge is -2.08. The van der Waals surface area contributed by atoms with Gasteiger partial charge in [-0.05, 0) is 31.0 Å². The van der Waals surface area contributed by atoms with Crippen molar-refractivity contribution in [3.8, 4) is 5.75 Å². The predicted molar refractivity (Wildman–Crippen MR) is 54.8 cm³/mol. The van der Waals surface area contributed by atoms with E-state index in [1.807, 2.05) is 12.1 Å². The summed E-state index contributed by atoms with van der Waals surface area (Å²) < 4.78 is 5.46. The van der Waals surface area contributed by atoms with Crippen molar-refractivity contribution in [2.45, 2.75) is 26.7 Å². The topological polar surface area (TPSA) is 26.3 Å². The number of hydrogen-bond acceptors (Lipinski definition) is 2. The van der Waals surface area contributed by atoms with E-state index in [4.69, 9.17) is 4.74 Å². The number of carbonyl (C=O) groups excluding carboxylic acids is 1. The molecule has 0 aliphatic carbocycles. The van der Waals surface area contributed by atoms with Gasteiger partial charge in [-0.15, -0.1) is 0 Å². The molecule has 0 saturated carbocycles. The van der Waals surface area contributed by atoms with E-state index < -0.39 is 0 Å². The Morgan fingerprint density at radius 1 is 1.50 bits per heavy atom. The summed E-state index contributed by atoms with van der Waals surface area (Å²) in [5, 5.41) is 0. The number of Topliss-reactive ketones (excluding diaryl/α,β-unsaturated/α-hetero) is 1. The number of carbonyl (C=O) groups is 1. The first kappa shape index (κ1) is 9.25. The minimum Gasteiger partial charge on any atom is -0.493 e. The molecular weight excluding hydrogens is 176 g/mol. The second-order valence-electron chi connectivity index (χ2n) is 3.81. The Hall–Kier alpha value is -1.31. The fourth-order valence-electron chi connectivity index (χ4n) is 1.96. The molecule has 1 aliphatic rings. The predicted octanol–water partition coefficient (Wildman–Crippen LogP) is 2.06. The average molecular weight is 190 g/mol. The van der Waals surface area contributed by atoms with Crippen LogP contribution in [-0.2, 0) is 17.6 Å². The van der Waals surface area contributed by atoms with E-state index in [0.717, 1.165) is 18.8 Å². The fourth-order valence-corrected chi connectivity index (χ4v) is 1.96. The quantitative estimate of drug-likeness (QED) is 0.713. The standard InChI is InChI=1S/C12H14O2/c1-8-3-4-12-10(5-6-14-12)11(8)7-9(2)13/h3-4H,5-7H2,1-2H3. The lowest BCUT2D eigenvalue weighted by Crippen LogP contribution is -2.02. The van der Waals surface area contributed by atoms with Crippen LogP contribution in [0.3, 0.4) is 0 Å². The molecule has 0 fully saturated rings. The van der Waals surface area contributed by atoms with Gasteiger partial charge in [0, 0.05) is 18.4 Å². The molecule has 1 aromatic carbocycles. The number of ketones is 1. The van der Waals surface area contributed by atoms with Crippen LogP contribution in [0.5, 0.6) is 5.75 Å². The zero-order chi connectivity index (χ0) is 10.1. The highest BCUT2D eigenvalue weighted by Gasteiger charge is 2.18. The largest absolute Gasteiger partial charge is 0.493 e. The Kier molecular flexibility index (Phi) is 2.28. The van der Waals surface area contributed by atoms with Gasteiger partial charge in [0.15, 0.2) is 0 Å². The summed E-state index contributed by atoms with van der Waals surface area (Å²) >= 11 is 0. The Morgan fingerprint density at radius 2 is 2.29 bits per heavy atom. The van der Waals surface area contributed by atoms with E-state index in [0.29, 0.717) is 6.42 Å². The lowest BCUT2D eigenvalue weighted by molar-refractivity contribution is -0.116. The zero-order valence-electron chi connectivity index (χ0n) is 8.59. The molecule has 1 aromatic rings. The zero-order valence-corrected chi connectivity index (χ0v) is 8.59. The monoisotopic (exact) mass is 190 g/mol. The van der Waals surface area contributed by atoms with E-state index in [-0.39, 0.29) is 5.78 Å². The van der Waals surface area contributed by atoms with Crippen LogP contribution < -0.4 is 4.74 Å². The van der Waals surface area contributed by atoms with Crippen LogP contribution in [0.2, 0.25) is 0 Å². The van der Waals surface area contributed by atoms with Gasteiger partial charge in [-0.3, -0.25) is 4.79 Å². The molecule has 0 atom stereocenters. The van der Waals surface area contributed by atoms with E-state index in [2.05, 4.69) is 6.92 Å². The van der Waals surface area contributed by atoms with Gasteiger partial charge in [0.1, 0.15) is 11.5 Å². The van der Waals surface area contributed by atoms with Gasteiger partial charge in [-0.1, -0.05) is 6.07 Å². The van der Waals surface area contributed by atoms with Crippen molar-refractivity contribution < 1.29 is 9.53 Å². The summed E-state index contributed by atoms with van der Waals surface area (Å²) in [5.74, 6) is 1.18. The smallest absolute Gasteiger partial charge is 0.134 e. The van der Waals surface area contributed by atoms with Crippen molar-refractivity contribution in [3.63, 3.8) is 0 Å². The highest BCUT2D eigenvalue weighted by molar-refractivity contribution is 5.79. The highest BCUT2D eigenvalue weighted by Crippen LogP contribution is 2.30. The maximum absolute atomic E-state index is 11.1. The Bertz CT molecular complexity index is 380. The van der Waals surface area contributed by atoms with E-state index in [1.165, 1.54) is 16.7 Å². The SMILES string of the molecule is CC(=O)Cc1c(C)ccc2c1CCO2. The molecule has 0 unspecified atom stereocenters. The Labute approximate surface area is 83.9 Å². The summed E-state index contributed by atoms with van der Waals surface area (Å²) in [6.07, 6.45) is 1.48. The number of ether oxygens (including phenoxy) is 1. The highest BCUT2D eigenvalue weighted by atomic mass is 16.5. The summed E-state index contributed by atoms with van der Waals surface area (Å²) in [4.78, 5) is 11.1. The summed E-state index contributed by atoms with van der Waals surface area (Å²) in [5.41, 5.74) is 3.61. The first-order valence-corrected chi connectivity index (χ1v) is 4.92. The third kappa shape index (κ3) is 1.52. The van der Waals surface area contributed by atoms with E-state index >= 15 is 0 Å². The van der Waals surface area contributed by atoms with Crippen LogP contribution >= 0.6 is 0 Å². The first-order chi connectivity index (χ1) is 6.68. The van der Waals surface area contributed by atoms with Crippen molar-refractivity contribution in [3.05, 3.63) is 28.8 Å². The molecule has 14 heavy (non-hydrogen) atoms. The molecular formula is C12H14O2. The fraction of sp³-hybridized carbons (Fsp3) is 0.417. The molecule has 2 heteroatoms. The third-order valence-electron chi connectivity index (χ3n) is 2.66. The molecule has 0 aromatic heterocycles. The van der Waals surface area contributed by atoms with Crippen molar-refractivity contribution in [2.24, 2.45) is 0 Å². The summed E-state index contributed by atoms with van der Waals surface area (Å²) in [7, 11) is 0. The molecule has 0 spiro atoms. The maximum atomic E-state index is 11.1. The summed E-state index contributed by atoms with van der Waals surface area (Å²) in [6, 6.07) is 4.03. The number of aryl methyl sites for hydroxylation is 1.